The van der Waals surface area contributed by atoms with Crippen molar-refractivity contribution >= 4 is 11.8 Å². The molecule has 3 heterocycles. The van der Waals surface area contributed by atoms with Gasteiger partial charge in [-0.1, -0.05) is 0 Å². The lowest BCUT2D eigenvalue weighted by atomic mass is 10.0. The van der Waals surface area contributed by atoms with Gasteiger partial charge >= 0.3 is 6.03 Å². The molecule has 7 heteroatoms. The highest BCUT2D eigenvalue weighted by Gasteiger charge is 2.30. The van der Waals surface area contributed by atoms with Gasteiger partial charge in [0.05, 0.1) is 12.2 Å². The average Bonchev–Trinajstić information content (AvgIpc) is 2.66. The Kier molecular flexibility index (Phi) is 5.82. The van der Waals surface area contributed by atoms with Crippen LogP contribution in [0.2, 0.25) is 0 Å². The molecule has 0 unspecified atom stereocenters. The molecular formula is C21H30N6O. The monoisotopic (exact) mass is 382 g/mol. The molecule has 2 aromatic rings. The molecule has 0 bridgehead atoms. The van der Waals surface area contributed by atoms with E-state index in [0.717, 1.165) is 29.1 Å². The Balaban J connectivity index is 1.97. The molecule has 2 aromatic heterocycles. The van der Waals surface area contributed by atoms with Crippen LogP contribution in [0.5, 0.6) is 0 Å². The van der Waals surface area contributed by atoms with Crippen LogP contribution >= 0.6 is 0 Å². The first-order chi connectivity index (χ1) is 13.3. The lowest BCUT2D eigenvalue weighted by Gasteiger charge is -2.38. The molecule has 3 rings (SSSR count). The first-order valence-corrected chi connectivity index (χ1v) is 9.84. The van der Waals surface area contributed by atoms with Crippen LogP contribution in [0.4, 0.5) is 10.6 Å². The van der Waals surface area contributed by atoms with Crippen molar-refractivity contribution in [2.24, 2.45) is 0 Å². The quantitative estimate of drug-likeness (QED) is 0.812. The highest BCUT2D eigenvalue weighted by Crippen LogP contribution is 2.29. The second kappa shape index (κ2) is 8.12. The number of carbonyl (C=O) groups is 1. The number of urea groups is 1. The van der Waals surface area contributed by atoms with Gasteiger partial charge in [-0.15, -0.1) is 0 Å². The molecule has 1 aliphatic rings. The molecule has 7 nitrogen and oxygen atoms in total. The van der Waals surface area contributed by atoms with Gasteiger partial charge in [-0.3, -0.25) is 4.98 Å². The van der Waals surface area contributed by atoms with E-state index in [1.54, 1.807) is 12.4 Å². The SMILES string of the molecule is CC(C)N(C(=O)N1CCc2c(nc(-c3ccncc3)nc2N(C)C)C1)C(C)C. The van der Waals surface area contributed by atoms with Gasteiger partial charge in [-0.2, -0.15) is 0 Å². The van der Waals surface area contributed by atoms with Gasteiger partial charge in [0.15, 0.2) is 5.82 Å². The molecule has 0 saturated heterocycles. The molecule has 0 radical (unpaired) electrons. The number of carbonyl (C=O) groups excluding carboxylic acids is 1. The Bertz CT molecular complexity index is 826. The molecule has 1 aliphatic heterocycles. The summed E-state index contributed by atoms with van der Waals surface area (Å²) in [4.78, 5) is 32.7. The van der Waals surface area contributed by atoms with Crippen LogP contribution in [0, 0.1) is 0 Å². The van der Waals surface area contributed by atoms with Gasteiger partial charge in [0.2, 0.25) is 0 Å². The topological polar surface area (TPSA) is 65.5 Å². The predicted octanol–water partition coefficient (Wildman–Crippen LogP) is 3.20. The van der Waals surface area contributed by atoms with E-state index < -0.39 is 0 Å². The highest BCUT2D eigenvalue weighted by molar-refractivity contribution is 5.75. The van der Waals surface area contributed by atoms with Crippen LogP contribution in [0.15, 0.2) is 24.5 Å². The number of nitrogens with zero attached hydrogens (tertiary/aromatic N) is 6. The second-order valence-corrected chi connectivity index (χ2v) is 7.98. The van der Waals surface area contributed by atoms with Crippen molar-refractivity contribution in [1.82, 2.24) is 24.8 Å². The summed E-state index contributed by atoms with van der Waals surface area (Å²) >= 11 is 0. The maximum absolute atomic E-state index is 13.2. The van der Waals surface area contributed by atoms with E-state index in [1.807, 2.05) is 40.9 Å². The third-order valence-corrected chi connectivity index (χ3v) is 5.01. The zero-order valence-corrected chi connectivity index (χ0v) is 17.7. The van der Waals surface area contributed by atoms with Crippen molar-refractivity contribution in [3.63, 3.8) is 0 Å². The number of amides is 2. The molecule has 0 N–H and O–H groups in total. The summed E-state index contributed by atoms with van der Waals surface area (Å²) in [6.45, 7) is 9.42. The molecule has 0 aliphatic carbocycles. The molecule has 0 aromatic carbocycles. The normalized spacial score (nSPS) is 13.6. The lowest BCUT2D eigenvalue weighted by Crippen LogP contribution is -2.51. The van der Waals surface area contributed by atoms with E-state index in [-0.39, 0.29) is 18.1 Å². The van der Waals surface area contributed by atoms with Crippen molar-refractivity contribution < 1.29 is 4.79 Å². The number of rotatable bonds is 4. The Morgan fingerprint density at radius 1 is 1.07 bits per heavy atom. The van der Waals surface area contributed by atoms with Crippen LogP contribution in [0.3, 0.4) is 0 Å². The molecule has 2 amide bonds. The fraction of sp³-hybridized carbons (Fsp3) is 0.524. The first kappa shape index (κ1) is 20.0. The summed E-state index contributed by atoms with van der Waals surface area (Å²) in [5, 5.41) is 0. The minimum absolute atomic E-state index is 0.0751. The van der Waals surface area contributed by atoms with Gasteiger partial charge in [0.25, 0.3) is 0 Å². The summed E-state index contributed by atoms with van der Waals surface area (Å²) < 4.78 is 0. The number of pyridine rings is 1. The standard InChI is InChI=1S/C21H30N6O/c1-14(2)27(15(3)4)21(28)26-12-9-17-18(13-26)23-19(24-20(17)25(5)6)16-7-10-22-11-8-16/h7-8,10-11,14-15H,9,12-13H2,1-6H3. The van der Waals surface area contributed by atoms with Crippen LogP contribution in [0.25, 0.3) is 11.4 Å². The van der Waals surface area contributed by atoms with E-state index in [2.05, 4.69) is 32.7 Å². The third-order valence-electron chi connectivity index (χ3n) is 5.01. The summed E-state index contributed by atoms with van der Waals surface area (Å²) in [6, 6.07) is 4.21. The average molecular weight is 383 g/mol. The van der Waals surface area contributed by atoms with Crippen LogP contribution in [-0.4, -0.2) is 63.5 Å². The van der Waals surface area contributed by atoms with Gasteiger partial charge in [0, 0.05) is 56.2 Å². The Labute approximate surface area is 167 Å². The molecule has 0 atom stereocenters. The van der Waals surface area contributed by atoms with Crippen molar-refractivity contribution in [2.45, 2.75) is 52.7 Å². The Hall–Kier alpha value is -2.70. The zero-order valence-electron chi connectivity index (χ0n) is 17.7. The number of fused-ring (bicyclic) bond motifs is 1. The minimum Gasteiger partial charge on any atom is -0.362 e. The first-order valence-electron chi connectivity index (χ1n) is 9.84. The maximum Gasteiger partial charge on any atom is 0.320 e. The van der Waals surface area contributed by atoms with E-state index in [9.17, 15) is 4.79 Å². The van der Waals surface area contributed by atoms with E-state index in [1.165, 1.54) is 0 Å². The molecule has 0 spiro atoms. The summed E-state index contributed by atoms with van der Waals surface area (Å²) in [7, 11) is 3.99. The Morgan fingerprint density at radius 2 is 1.71 bits per heavy atom. The number of aromatic nitrogens is 3. The summed E-state index contributed by atoms with van der Waals surface area (Å²) in [5.41, 5.74) is 2.99. The van der Waals surface area contributed by atoms with Gasteiger partial charge in [0.1, 0.15) is 5.82 Å². The van der Waals surface area contributed by atoms with E-state index in [4.69, 9.17) is 9.97 Å². The number of anilines is 1. The van der Waals surface area contributed by atoms with Gasteiger partial charge in [-0.25, -0.2) is 14.8 Å². The fourth-order valence-electron chi connectivity index (χ4n) is 3.78. The van der Waals surface area contributed by atoms with Crippen LogP contribution in [-0.2, 0) is 13.0 Å². The van der Waals surface area contributed by atoms with Gasteiger partial charge in [-0.05, 0) is 46.2 Å². The Morgan fingerprint density at radius 3 is 2.29 bits per heavy atom. The second-order valence-electron chi connectivity index (χ2n) is 7.98. The maximum atomic E-state index is 13.2. The highest BCUT2D eigenvalue weighted by atomic mass is 16.2. The lowest BCUT2D eigenvalue weighted by molar-refractivity contribution is 0.119. The third kappa shape index (κ3) is 3.93. The smallest absolute Gasteiger partial charge is 0.320 e. The molecule has 28 heavy (non-hydrogen) atoms. The van der Waals surface area contributed by atoms with E-state index >= 15 is 0 Å². The molecular weight excluding hydrogens is 352 g/mol. The van der Waals surface area contributed by atoms with E-state index in [0.29, 0.717) is 18.9 Å². The van der Waals surface area contributed by atoms with Crippen molar-refractivity contribution in [3.05, 3.63) is 35.8 Å². The molecule has 0 fully saturated rings. The van der Waals surface area contributed by atoms with Crippen molar-refractivity contribution in [1.29, 1.82) is 0 Å². The van der Waals surface area contributed by atoms with Crippen LogP contribution < -0.4 is 4.90 Å². The van der Waals surface area contributed by atoms with Crippen molar-refractivity contribution in [2.75, 3.05) is 25.5 Å². The summed E-state index contributed by atoms with van der Waals surface area (Å²) in [5.74, 6) is 1.59. The van der Waals surface area contributed by atoms with Gasteiger partial charge < -0.3 is 14.7 Å². The van der Waals surface area contributed by atoms with Crippen molar-refractivity contribution in [3.8, 4) is 11.4 Å². The predicted molar refractivity (Wildman–Crippen MR) is 111 cm³/mol. The van der Waals surface area contributed by atoms with Crippen LogP contribution in [0.1, 0.15) is 39.0 Å². The largest absolute Gasteiger partial charge is 0.362 e. The fourth-order valence-corrected chi connectivity index (χ4v) is 3.78. The number of hydrogen-bond acceptors (Lipinski definition) is 5. The minimum atomic E-state index is 0.0751. The molecule has 150 valence electrons. The molecule has 0 saturated carbocycles. The number of hydrogen-bond donors (Lipinski definition) is 0. The summed E-state index contributed by atoms with van der Waals surface area (Å²) in [6.07, 6.45) is 4.24. The zero-order chi connectivity index (χ0) is 20.4.